The number of carbonyl (C=O) groups excluding carboxylic acids is 1. The second-order valence-electron chi connectivity index (χ2n) is 6.08. The fraction of sp³-hybridized carbons (Fsp3) is 0.0952. The number of fused-ring (bicyclic) bond motifs is 1. The summed E-state index contributed by atoms with van der Waals surface area (Å²) in [6, 6.07) is 18.8. The lowest BCUT2D eigenvalue weighted by atomic mass is 9.80. The van der Waals surface area contributed by atoms with Gasteiger partial charge in [-0.2, -0.15) is 0 Å². The highest BCUT2D eigenvalue weighted by Crippen LogP contribution is 2.40. The molecule has 2 heteroatoms. The Morgan fingerprint density at radius 1 is 0.913 bits per heavy atom. The highest BCUT2D eigenvalue weighted by atomic mass is 16.5. The van der Waals surface area contributed by atoms with E-state index < -0.39 is 0 Å². The lowest BCUT2D eigenvalue weighted by Gasteiger charge is -2.23. The smallest absolute Gasteiger partial charge is 0.338 e. The van der Waals surface area contributed by atoms with Crippen LogP contribution < -0.4 is 0 Å². The maximum absolute atomic E-state index is 11.8. The molecular formula is C21H14O2. The maximum Gasteiger partial charge on any atom is 0.338 e. The van der Waals surface area contributed by atoms with Gasteiger partial charge in [0.15, 0.2) is 0 Å². The van der Waals surface area contributed by atoms with E-state index in [4.69, 9.17) is 4.74 Å². The molecule has 0 amide bonds. The van der Waals surface area contributed by atoms with Crippen LogP contribution in [0.1, 0.15) is 38.5 Å². The third kappa shape index (κ3) is 1.72. The third-order valence-electron chi connectivity index (χ3n) is 4.89. The molecule has 0 spiro atoms. The van der Waals surface area contributed by atoms with Crippen molar-refractivity contribution in [3.05, 3.63) is 88.5 Å². The quantitative estimate of drug-likeness (QED) is 0.610. The first kappa shape index (κ1) is 12.7. The van der Waals surface area contributed by atoms with Crippen LogP contribution in [-0.4, -0.2) is 5.97 Å². The van der Waals surface area contributed by atoms with E-state index >= 15 is 0 Å². The van der Waals surface area contributed by atoms with Gasteiger partial charge in [-0.3, -0.25) is 0 Å². The molecule has 3 aromatic rings. The van der Waals surface area contributed by atoms with Crippen molar-refractivity contribution in [1.82, 2.24) is 0 Å². The molecule has 0 N–H and O–H groups in total. The summed E-state index contributed by atoms with van der Waals surface area (Å²) >= 11 is 0. The van der Waals surface area contributed by atoms with Crippen LogP contribution in [0.15, 0.2) is 60.7 Å². The Kier molecular flexibility index (Phi) is 2.51. The number of rotatable bonds is 1. The monoisotopic (exact) mass is 298 g/mol. The van der Waals surface area contributed by atoms with E-state index in [-0.39, 0.29) is 11.9 Å². The van der Waals surface area contributed by atoms with Gasteiger partial charge in [0.2, 0.25) is 0 Å². The number of allylic oxidation sites excluding steroid dienone is 1. The molecule has 0 aromatic heterocycles. The molecule has 0 saturated carbocycles. The van der Waals surface area contributed by atoms with E-state index in [1.54, 1.807) is 0 Å². The van der Waals surface area contributed by atoms with Gasteiger partial charge in [0, 0.05) is 11.5 Å². The molecule has 23 heavy (non-hydrogen) atoms. The molecule has 110 valence electrons. The molecule has 0 bridgehead atoms. The number of hydrogen-bond acceptors (Lipinski definition) is 2. The minimum absolute atomic E-state index is 0.165. The standard InChI is InChI=1S/C21H14O2/c22-21-18-9-3-7-15(19(18)12-23-21)16-11-10-14-5-1-4-13-6-2-8-17(16)20(13)14/h1-11,16H,12H2. The van der Waals surface area contributed by atoms with Gasteiger partial charge in [0.1, 0.15) is 6.61 Å². The van der Waals surface area contributed by atoms with Crippen molar-refractivity contribution >= 4 is 22.8 Å². The van der Waals surface area contributed by atoms with Gasteiger partial charge < -0.3 is 4.74 Å². The number of cyclic esters (lactones) is 1. The average Bonchev–Trinajstić information content (AvgIpc) is 2.98. The molecule has 1 unspecified atom stereocenters. The Labute approximate surface area is 134 Å². The van der Waals surface area contributed by atoms with Crippen LogP contribution in [0, 0.1) is 0 Å². The van der Waals surface area contributed by atoms with Crippen molar-refractivity contribution in [3.8, 4) is 0 Å². The summed E-state index contributed by atoms with van der Waals surface area (Å²) < 4.78 is 5.23. The average molecular weight is 298 g/mol. The van der Waals surface area contributed by atoms with Gasteiger partial charge in [0.05, 0.1) is 5.56 Å². The van der Waals surface area contributed by atoms with Crippen LogP contribution in [0.25, 0.3) is 16.8 Å². The van der Waals surface area contributed by atoms with E-state index in [1.165, 1.54) is 27.5 Å². The lowest BCUT2D eigenvalue weighted by molar-refractivity contribution is 0.0534. The fourth-order valence-electron chi connectivity index (χ4n) is 3.84. The largest absolute Gasteiger partial charge is 0.457 e. The Hall–Kier alpha value is -2.87. The molecule has 1 atom stereocenters. The van der Waals surface area contributed by atoms with Gasteiger partial charge in [-0.15, -0.1) is 0 Å². The van der Waals surface area contributed by atoms with Crippen LogP contribution in [-0.2, 0) is 11.3 Å². The third-order valence-corrected chi connectivity index (χ3v) is 4.89. The maximum atomic E-state index is 11.8. The van der Waals surface area contributed by atoms with Crippen LogP contribution in [0.4, 0.5) is 0 Å². The first-order valence-corrected chi connectivity index (χ1v) is 7.82. The predicted octanol–water partition coefficient (Wildman–Crippen LogP) is 4.67. The minimum Gasteiger partial charge on any atom is -0.457 e. The summed E-state index contributed by atoms with van der Waals surface area (Å²) in [7, 11) is 0. The van der Waals surface area contributed by atoms with Crippen molar-refractivity contribution < 1.29 is 9.53 Å². The van der Waals surface area contributed by atoms with Gasteiger partial charge in [-0.05, 0) is 33.5 Å². The molecule has 1 aliphatic heterocycles. The summed E-state index contributed by atoms with van der Waals surface area (Å²) in [5, 5.41) is 2.57. The summed E-state index contributed by atoms with van der Waals surface area (Å²) in [5.74, 6) is -0.0432. The van der Waals surface area contributed by atoms with Gasteiger partial charge in [-0.25, -0.2) is 4.79 Å². The second kappa shape index (κ2) is 4.56. The Balaban J connectivity index is 1.78. The van der Waals surface area contributed by atoms with Gasteiger partial charge >= 0.3 is 5.97 Å². The van der Waals surface area contributed by atoms with Crippen LogP contribution in [0.3, 0.4) is 0 Å². The summed E-state index contributed by atoms with van der Waals surface area (Å²) in [6.45, 7) is 0.381. The molecule has 5 rings (SSSR count). The molecule has 2 aliphatic rings. The highest BCUT2D eigenvalue weighted by molar-refractivity contribution is 5.97. The molecule has 2 nitrogen and oxygen atoms in total. The van der Waals surface area contributed by atoms with E-state index in [0.29, 0.717) is 12.2 Å². The van der Waals surface area contributed by atoms with Crippen molar-refractivity contribution in [2.45, 2.75) is 12.5 Å². The zero-order chi connectivity index (χ0) is 15.4. The molecule has 1 heterocycles. The Morgan fingerprint density at radius 3 is 2.61 bits per heavy atom. The highest BCUT2D eigenvalue weighted by Gasteiger charge is 2.28. The molecular weight excluding hydrogens is 284 g/mol. The molecule has 3 aromatic carbocycles. The zero-order valence-electron chi connectivity index (χ0n) is 12.5. The topological polar surface area (TPSA) is 26.3 Å². The van der Waals surface area contributed by atoms with Crippen molar-refractivity contribution in [3.63, 3.8) is 0 Å². The summed E-state index contributed by atoms with van der Waals surface area (Å²) in [4.78, 5) is 11.8. The number of esters is 1. The van der Waals surface area contributed by atoms with E-state index in [9.17, 15) is 4.79 Å². The van der Waals surface area contributed by atoms with Crippen molar-refractivity contribution in [2.75, 3.05) is 0 Å². The Bertz CT molecular complexity index is 993. The molecule has 1 aliphatic carbocycles. The summed E-state index contributed by atoms with van der Waals surface area (Å²) in [5.41, 5.74) is 5.47. The van der Waals surface area contributed by atoms with E-state index in [1.807, 2.05) is 12.1 Å². The fourth-order valence-corrected chi connectivity index (χ4v) is 3.84. The van der Waals surface area contributed by atoms with E-state index in [2.05, 4.69) is 54.6 Å². The minimum atomic E-state index is -0.208. The number of hydrogen-bond donors (Lipinski definition) is 0. The van der Waals surface area contributed by atoms with Crippen molar-refractivity contribution in [1.29, 1.82) is 0 Å². The predicted molar refractivity (Wildman–Crippen MR) is 90.4 cm³/mol. The molecule has 0 saturated heterocycles. The summed E-state index contributed by atoms with van der Waals surface area (Å²) in [6.07, 6.45) is 4.42. The van der Waals surface area contributed by atoms with Gasteiger partial charge in [-0.1, -0.05) is 60.7 Å². The number of carbonyl (C=O) groups is 1. The van der Waals surface area contributed by atoms with Crippen LogP contribution in [0.2, 0.25) is 0 Å². The number of ether oxygens (including phenoxy) is 1. The molecule has 0 radical (unpaired) electrons. The van der Waals surface area contributed by atoms with Crippen molar-refractivity contribution in [2.24, 2.45) is 0 Å². The van der Waals surface area contributed by atoms with Gasteiger partial charge in [0.25, 0.3) is 0 Å². The molecule has 0 fully saturated rings. The second-order valence-corrected chi connectivity index (χ2v) is 6.08. The first-order chi connectivity index (χ1) is 11.3. The van der Waals surface area contributed by atoms with Crippen LogP contribution >= 0.6 is 0 Å². The SMILES string of the molecule is O=C1OCc2c1cccc2C1C=Cc2cccc3cccc1c23. The first-order valence-electron chi connectivity index (χ1n) is 7.82. The van der Waals surface area contributed by atoms with Crippen LogP contribution in [0.5, 0.6) is 0 Å². The lowest BCUT2D eigenvalue weighted by Crippen LogP contribution is -2.06. The normalized spacial score (nSPS) is 18.1. The number of benzene rings is 3. The zero-order valence-corrected chi connectivity index (χ0v) is 12.5. The Morgan fingerprint density at radius 2 is 1.70 bits per heavy atom. The van der Waals surface area contributed by atoms with E-state index in [0.717, 1.165) is 5.56 Å².